The Bertz CT molecular complexity index is 387. The summed E-state index contributed by atoms with van der Waals surface area (Å²) in [6, 6.07) is 3.55. The predicted molar refractivity (Wildman–Crippen MR) is 69.8 cm³/mol. The average Bonchev–Trinajstić information content (AvgIpc) is 2.19. The molecule has 0 aliphatic heterocycles. The van der Waals surface area contributed by atoms with E-state index < -0.39 is 0 Å². The summed E-state index contributed by atoms with van der Waals surface area (Å²) in [5, 5.41) is 0. The van der Waals surface area contributed by atoms with Crippen LogP contribution in [0, 0.1) is 0 Å². The summed E-state index contributed by atoms with van der Waals surface area (Å²) in [4.78, 5) is 0. The number of anilines is 1. The maximum absolute atomic E-state index is 5.85. The minimum absolute atomic E-state index is 0.623. The van der Waals surface area contributed by atoms with Crippen molar-refractivity contribution in [3.8, 4) is 11.5 Å². The summed E-state index contributed by atoms with van der Waals surface area (Å²) in [5.41, 5.74) is 7.33. The molecule has 3 nitrogen and oxygen atoms in total. The van der Waals surface area contributed by atoms with Gasteiger partial charge in [-0.15, -0.1) is 0 Å². The zero-order valence-corrected chi connectivity index (χ0v) is 11.6. The normalized spacial score (nSPS) is 9.60. The monoisotopic (exact) mass is 335 g/mol. The van der Waals surface area contributed by atoms with Gasteiger partial charge in [-0.05, 0) is 44.0 Å². The Kier molecular flexibility index (Phi) is 4.47. The molecule has 0 aromatic heterocycles. The molecule has 0 unspecified atom stereocenters. The minimum atomic E-state index is 0.623. The molecule has 0 radical (unpaired) electrons. The molecule has 1 rings (SSSR count). The Morgan fingerprint density at radius 3 is 2.20 bits per heavy atom. The molecule has 5 heteroatoms. The highest BCUT2D eigenvalue weighted by atomic mass is 79.9. The van der Waals surface area contributed by atoms with Crippen LogP contribution in [0.15, 0.2) is 15.5 Å². The van der Waals surface area contributed by atoms with Crippen LogP contribution in [0.5, 0.6) is 11.5 Å². The van der Waals surface area contributed by atoms with Crippen molar-refractivity contribution in [2.75, 3.05) is 20.0 Å². The van der Waals surface area contributed by atoms with Crippen LogP contribution in [0.25, 0.3) is 6.08 Å². The molecule has 0 heterocycles. The quantitative estimate of drug-likeness (QED) is 0.861. The minimum Gasteiger partial charge on any atom is -0.493 e. The van der Waals surface area contributed by atoms with Gasteiger partial charge in [0, 0.05) is 17.3 Å². The number of nitrogens with two attached hydrogens (primary N) is 1. The second-order valence-corrected chi connectivity index (χ2v) is 5.54. The molecular weight excluding hydrogens is 326 g/mol. The fourth-order valence-corrected chi connectivity index (χ4v) is 1.65. The molecule has 82 valence electrons. The van der Waals surface area contributed by atoms with Gasteiger partial charge in [-0.2, -0.15) is 0 Å². The van der Waals surface area contributed by atoms with Gasteiger partial charge in [0.25, 0.3) is 0 Å². The van der Waals surface area contributed by atoms with Crippen LogP contribution >= 0.6 is 31.9 Å². The summed E-state index contributed by atoms with van der Waals surface area (Å²) >= 11 is 6.55. The molecule has 0 saturated carbocycles. The van der Waals surface area contributed by atoms with Gasteiger partial charge >= 0.3 is 0 Å². The second-order valence-electron chi connectivity index (χ2n) is 2.77. The number of methoxy groups -OCH3 is 2. The molecule has 0 fully saturated rings. The van der Waals surface area contributed by atoms with Crippen LogP contribution in [0.3, 0.4) is 0 Å². The fourth-order valence-electron chi connectivity index (χ4n) is 1.15. The van der Waals surface area contributed by atoms with E-state index in [0.717, 1.165) is 8.96 Å². The van der Waals surface area contributed by atoms with Crippen LogP contribution in [-0.2, 0) is 0 Å². The first-order chi connectivity index (χ1) is 7.08. The van der Waals surface area contributed by atoms with E-state index >= 15 is 0 Å². The lowest BCUT2D eigenvalue weighted by atomic mass is 10.1. The third-order valence-electron chi connectivity index (χ3n) is 1.85. The maximum atomic E-state index is 5.85. The number of hydrogen-bond donors (Lipinski definition) is 1. The molecule has 0 aliphatic rings. The van der Waals surface area contributed by atoms with Crippen LogP contribution < -0.4 is 15.2 Å². The van der Waals surface area contributed by atoms with Crippen LogP contribution in [0.2, 0.25) is 0 Å². The first-order valence-corrected chi connectivity index (χ1v) is 5.71. The van der Waals surface area contributed by atoms with Gasteiger partial charge in [0.2, 0.25) is 0 Å². The van der Waals surface area contributed by atoms with Crippen molar-refractivity contribution in [1.29, 1.82) is 0 Å². The Morgan fingerprint density at radius 1 is 1.20 bits per heavy atom. The van der Waals surface area contributed by atoms with Crippen molar-refractivity contribution in [3.63, 3.8) is 0 Å². The van der Waals surface area contributed by atoms with Crippen LogP contribution in [0.1, 0.15) is 5.56 Å². The molecule has 0 spiro atoms. The van der Waals surface area contributed by atoms with Crippen molar-refractivity contribution in [1.82, 2.24) is 0 Å². The number of benzene rings is 1. The van der Waals surface area contributed by atoms with Crippen molar-refractivity contribution in [2.24, 2.45) is 0 Å². The molecule has 0 aliphatic carbocycles. The van der Waals surface area contributed by atoms with E-state index in [9.17, 15) is 0 Å². The van der Waals surface area contributed by atoms with Gasteiger partial charge in [-0.1, -0.05) is 0 Å². The topological polar surface area (TPSA) is 44.5 Å². The van der Waals surface area contributed by atoms with Gasteiger partial charge in [0.05, 0.1) is 17.6 Å². The standard InChI is InChI=1S/C10H11Br2NO2/c1-14-8-3-6(4-10(11)12)7(13)5-9(8)15-2/h3-5H,13H2,1-2H3. The van der Waals surface area contributed by atoms with Gasteiger partial charge in [-0.25, -0.2) is 0 Å². The van der Waals surface area contributed by atoms with E-state index in [1.807, 2.05) is 12.1 Å². The largest absolute Gasteiger partial charge is 0.493 e. The number of rotatable bonds is 3. The van der Waals surface area contributed by atoms with Gasteiger partial charge in [0.1, 0.15) is 0 Å². The third-order valence-corrected chi connectivity index (χ3v) is 2.31. The summed E-state index contributed by atoms with van der Waals surface area (Å²) in [6.07, 6.45) is 1.84. The lowest BCUT2D eigenvalue weighted by Gasteiger charge is -2.10. The van der Waals surface area contributed by atoms with Crippen LogP contribution in [-0.4, -0.2) is 14.2 Å². The molecule has 1 aromatic rings. The Morgan fingerprint density at radius 2 is 1.73 bits per heavy atom. The highest BCUT2D eigenvalue weighted by Gasteiger charge is 2.07. The van der Waals surface area contributed by atoms with E-state index in [0.29, 0.717) is 17.2 Å². The van der Waals surface area contributed by atoms with Crippen molar-refractivity contribution in [2.45, 2.75) is 0 Å². The first kappa shape index (κ1) is 12.4. The average molecular weight is 337 g/mol. The molecule has 1 aromatic carbocycles. The van der Waals surface area contributed by atoms with Gasteiger partial charge in [0.15, 0.2) is 11.5 Å². The third kappa shape index (κ3) is 3.14. The van der Waals surface area contributed by atoms with Gasteiger partial charge < -0.3 is 15.2 Å². The van der Waals surface area contributed by atoms with Crippen molar-refractivity contribution in [3.05, 3.63) is 21.1 Å². The highest BCUT2D eigenvalue weighted by Crippen LogP contribution is 2.33. The number of halogens is 2. The van der Waals surface area contributed by atoms with E-state index in [1.165, 1.54) is 0 Å². The number of hydrogen-bond acceptors (Lipinski definition) is 3. The Labute approximate surface area is 106 Å². The summed E-state index contributed by atoms with van der Waals surface area (Å²) in [5.74, 6) is 1.28. The molecule has 2 N–H and O–H groups in total. The lowest BCUT2D eigenvalue weighted by Crippen LogP contribution is -1.95. The zero-order chi connectivity index (χ0) is 11.4. The predicted octanol–water partition coefficient (Wildman–Crippen LogP) is 3.37. The molecule has 15 heavy (non-hydrogen) atoms. The number of ether oxygens (including phenoxy) is 2. The smallest absolute Gasteiger partial charge is 0.162 e. The molecule has 0 atom stereocenters. The van der Waals surface area contributed by atoms with Crippen molar-refractivity contribution >= 4 is 43.6 Å². The van der Waals surface area contributed by atoms with Crippen molar-refractivity contribution < 1.29 is 9.47 Å². The second kappa shape index (κ2) is 5.42. The summed E-state index contributed by atoms with van der Waals surface area (Å²) in [7, 11) is 3.16. The molecular formula is C10H11Br2NO2. The molecule has 0 bridgehead atoms. The fraction of sp³-hybridized carbons (Fsp3) is 0.200. The Hall–Kier alpha value is -0.680. The lowest BCUT2D eigenvalue weighted by molar-refractivity contribution is 0.355. The van der Waals surface area contributed by atoms with Crippen LogP contribution in [0.4, 0.5) is 5.69 Å². The van der Waals surface area contributed by atoms with E-state index in [-0.39, 0.29) is 0 Å². The summed E-state index contributed by atoms with van der Waals surface area (Å²) < 4.78 is 11.1. The number of nitrogen functional groups attached to an aromatic ring is 1. The molecule has 0 saturated heterocycles. The van der Waals surface area contributed by atoms with E-state index in [4.69, 9.17) is 15.2 Å². The zero-order valence-electron chi connectivity index (χ0n) is 8.38. The highest BCUT2D eigenvalue weighted by molar-refractivity contribution is 9.28. The molecule has 0 amide bonds. The SMILES string of the molecule is COc1cc(N)c(C=C(Br)Br)cc1OC. The Balaban J connectivity index is 3.26. The summed E-state index contributed by atoms with van der Waals surface area (Å²) in [6.45, 7) is 0. The first-order valence-electron chi connectivity index (χ1n) is 4.12. The maximum Gasteiger partial charge on any atom is 0.162 e. The van der Waals surface area contributed by atoms with Gasteiger partial charge in [-0.3, -0.25) is 0 Å². The van der Waals surface area contributed by atoms with E-state index in [1.54, 1.807) is 20.3 Å². The van der Waals surface area contributed by atoms with E-state index in [2.05, 4.69) is 31.9 Å².